The van der Waals surface area contributed by atoms with Crippen molar-refractivity contribution in [3.8, 4) is 17.2 Å². The van der Waals surface area contributed by atoms with Gasteiger partial charge in [0.2, 0.25) is 0 Å². The molecule has 0 bridgehead atoms. The second-order valence-corrected chi connectivity index (χ2v) is 10.5. The molecule has 8 nitrogen and oxygen atoms in total. The third-order valence-corrected chi connectivity index (χ3v) is 7.13. The summed E-state index contributed by atoms with van der Waals surface area (Å²) < 4.78 is 44.3. The van der Waals surface area contributed by atoms with Gasteiger partial charge in [-0.1, -0.05) is 45.1 Å². The molecule has 3 rings (SSSR count). The zero-order chi connectivity index (χ0) is 27.2. The normalized spacial score (nSPS) is 11.0. The van der Waals surface area contributed by atoms with E-state index in [1.54, 1.807) is 36.4 Å². The maximum Gasteiger partial charge on any atom is 0.262 e. The summed E-state index contributed by atoms with van der Waals surface area (Å²) in [4.78, 5) is 12.4. The minimum Gasteiger partial charge on any atom is -0.497 e. The molecule has 0 radical (unpaired) electrons. The van der Waals surface area contributed by atoms with Gasteiger partial charge < -0.3 is 19.5 Å². The molecule has 0 aromatic heterocycles. The van der Waals surface area contributed by atoms with Gasteiger partial charge in [0.05, 0.1) is 18.6 Å². The van der Waals surface area contributed by atoms with Crippen molar-refractivity contribution in [3.63, 3.8) is 0 Å². The Kier molecular flexibility index (Phi) is 11.3. The highest BCUT2D eigenvalue weighted by Gasteiger charge is 2.14. The Hall–Kier alpha value is -3.72. The number of unbranched alkanes of at least 4 members (excludes halogenated alkanes) is 5. The summed E-state index contributed by atoms with van der Waals surface area (Å²) in [6.07, 6.45) is 7.18. The molecular formula is C29H36N2O6S. The largest absolute Gasteiger partial charge is 0.497 e. The van der Waals surface area contributed by atoms with Crippen molar-refractivity contribution in [1.29, 1.82) is 0 Å². The molecule has 204 valence electrons. The van der Waals surface area contributed by atoms with E-state index in [0.29, 0.717) is 35.2 Å². The molecular weight excluding hydrogens is 504 g/mol. The molecule has 0 aliphatic heterocycles. The molecule has 0 unspecified atom stereocenters. The Morgan fingerprint density at radius 2 is 1.39 bits per heavy atom. The zero-order valence-corrected chi connectivity index (χ0v) is 22.8. The lowest BCUT2D eigenvalue weighted by atomic mass is 10.1. The molecule has 0 atom stereocenters. The third-order valence-electron chi connectivity index (χ3n) is 5.73. The number of hydrogen-bond donors (Lipinski definition) is 2. The fraction of sp³-hybridized carbons (Fsp3) is 0.345. The maximum absolute atomic E-state index is 12.7. The van der Waals surface area contributed by atoms with Crippen LogP contribution in [-0.2, 0) is 14.8 Å². The number of amides is 1. The van der Waals surface area contributed by atoms with Gasteiger partial charge in [0, 0.05) is 17.4 Å². The summed E-state index contributed by atoms with van der Waals surface area (Å²) in [5.41, 5.74) is 0.871. The highest BCUT2D eigenvalue weighted by molar-refractivity contribution is 7.92. The van der Waals surface area contributed by atoms with Gasteiger partial charge in [-0.2, -0.15) is 0 Å². The van der Waals surface area contributed by atoms with E-state index in [-0.39, 0.29) is 17.4 Å². The van der Waals surface area contributed by atoms with Gasteiger partial charge in [-0.05, 0) is 67.1 Å². The number of carbonyl (C=O) groups is 1. The van der Waals surface area contributed by atoms with Gasteiger partial charge in [-0.3, -0.25) is 9.52 Å². The third kappa shape index (κ3) is 9.63. The van der Waals surface area contributed by atoms with Crippen molar-refractivity contribution in [1.82, 2.24) is 0 Å². The Morgan fingerprint density at radius 3 is 2.08 bits per heavy atom. The minimum atomic E-state index is -3.78. The smallest absolute Gasteiger partial charge is 0.262 e. The first kappa shape index (κ1) is 28.8. The number of hydrogen-bond acceptors (Lipinski definition) is 6. The molecule has 2 N–H and O–H groups in total. The van der Waals surface area contributed by atoms with E-state index in [4.69, 9.17) is 14.2 Å². The molecule has 0 aliphatic rings. The van der Waals surface area contributed by atoms with E-state index in [9.17, 15) is 13.2 Å². The molecule has 3 aromatic carbocycles. The standard InChI is InChI=1S/C29H36N2O6S/c1-3-4-5-6-7-8-20-36-26-10-9-11-27(21-26)37-22-29(32)30-23-14-18-28(19-15-23)38(33,34)31-24-12-16-25(35-2)17-13-24/h9-19,21,31H,3-8,20,22H2,1-2H3,(H,30,32). The van der Waals surface area contributed by atoms with Crippen LogP contribution in [0.25, 0.3) is 0 Å². The Balaban J connectivity index is 1.44. The lowest BCUT2D eigenvalue weighted by Crippen LogP contribution is -2.20. The molecule has 9 heteroatoms. The molecule has 0 saturated carbocycles. The number of benzene rings is 3. The summed E-state index contributed by atoms with van der Waals surface area (Å²) in [6.45, 7) is 2.66. The first-order valence-electron chi connectivity index (χ1n) is 12.8. The van der Waals surface area contributed by atoms with E-state index in [1.807, 2.05) is 12.1 Å². The average molecular weight is 541 g/mol. The highest BCUT2D eigenvalue weighted by atomic mass is 32.2. The average Bonchev–Trinajstić information content (AvgIpc) is 2.92. The van der Waals surface area contributed by atoms with Crippen LogP contribution in [0.2, 0.25) is 0 Å². The first-order chi connectivity index (χ1) is 18.4. The van der Waals surface area contributed by atoms with E-state index in [0.717, 1.165) is 12.8 Å². The first-order valence-corrected chi connectivity index (χ1v) is 14.3. The van der Waals surface area contributed by atoms with E-state index in [1.165, 1.54) is 57.1 Å². The van der Waals surface area contributed by atoms with Gasteiger partial charge in [-0.15, -0.1) is 0 Å². The molecule has 0 saturated heterocycles. The van der Waals surface area contributed by atoms with Gasteiger partial charge in [0.1, 0.15) is 17.2 Å². The van der Waals surface area contributed by atoms with Gasteiger partial charge in [0.25, 0.3) is 15.9 Å². The summed E-state index contributed by atoms with van der Waals surface area (Å²) >= 11 is 0. The van der Waals surface area contributed by atoms with Crippen LogP contribution in [-0.4, -0.2) is 34.6 Å². The predicted octanol–water partition coefficient (Wildman–Crippen LogP) is 6.25. The molecule has 0 aliphatic carbocycles. The number of carbonyl (C=O) groups excluding carboxylic acids is 1. The highest BCUT2D eigenvalue weighted by Crippen LogP contribution is 2.22. The molecule has 3 aromatic rings. The van der Waals surface area contributed by atoms with Crippen molar-refractivity contribution in [2.24, 2.45) is 0 Å². The van der Waals surface area contributed by atoms with Crippen molar-refractivity contribution >= 4 is 27.3 Å². The van der Waals surface area contributed by atoms with Gasteiger partial charge in [0.15, 0.2) is 6.61 Å². The minimum absolute atomic E-state index is 0.0698. The van der Waals surface area contributed by atoms with E-state index >= 15 is 0 Å². The maximum atomic E-state index is 12.7. The lowest BCUT2D eigenvalue weighted by molar-refractivity contribution is -0.118. The van der Waals surface area contributed by atoms with Crippen LogP contribution < -0.4 is 24.2 Å². The number of rotatable bonds is 16. The summed E-state index contributed by atoms with van der Waals surface area (Å²) in [5.74, 6) is 1.50. The lowest BCUT2D eigenvalue weighted by Gasteiger charge is -2.11. The van der Waals surface area contributed by atoms with Crippen molar-refractivity contribution < 1.29 is 27.4 Å². The van der Waals surface area contributed by atoms with Crippen LogP contribution in [0.5, 0.6) is 17.2 Å². The second kappa shape index (κ2) is 14.9. The van der Waals surface area contributed by atoms with E-state index < -0.39 is 10.0 Å². The van der Waals surface area contributed by atoms with Crippen LogP contribution >= 0.6 is 0 Å². The van der Waals surface area contributed by atoms with Crippen molar-refractivity contribution in [3.05, 3.63) is 72.8 Å². The van der Waals surface area contributed by atoms with Crippen LogP contribution in [0.4, 0.5) is 11.4 Å². The number of methoxy groups -OCH3 is 1. The predicted molar refractivity (Wildman–Crippen MR) is 150 cm³/mol. The summed E-state index contributed by atoms with van der Waals surface area (Å²) in [7, 11) is -2.24. The number of ether oxygens (including phenoxy) is 3. The number of nitrogens with one attached hydrogen (secondary N) is 2. The monoisotopic (exact) mass is 540 g/mol. The van der Waals surface area contributed by atoms with Gasteiger partial charge >= 0.3 is 0 Å². The van der Waals surface area contributed by atoms with Crippen LogP contribution in [0.3, 0.4) is 0 Å². The Morgan fingerprint density at radius 1 is 0.763 bits per heavy atom. The molecule has 1 amide bonds. The second-order valence-electron chi connectivity index (χ2n) is 8.79. The SMILES string of the molecule is CCCCCCCCOc1cccc(OCC(=O)Nc2ccc(S(=O)(=O)Nc3ccc(OC)cc3)cc2)c1. The Labute approximate surface area is 225 Å². The molecule has 0 heterocycles. The fourth-order valence-electron chi connectivity index (χ4n) is 3.66. The number of anilines is 2. The van der Waals surface area contributed by atoms with Crippen LogP contribution in [0.15, 0.2) is 77.7 Å². The molecule has 0 spiro atoms. The van der Waals surface area contributed by atoms with E-state index in [2.05, 4.69) is 17.0 Å². The molecule has 0 fully saturated rings. The topological polar surface area (TPSA) is 103 Å². The Bertz CT molecular complexity index is 1240. The van der Waals surface area contributed by atoms with Crippen molar-refractivity contribution in [2.75, 3.05) is 30.4 Å². The van der Waals surface area contributed by atoms with Crippen LogP contribution in [0, 0.1) is 0 Å². The van der Waals surface area contributed by atoms with Crippen LogP contribution in [0.1, 0.15) is 45.4 Å². The van der Waals surface area contributed by atoms with Gasteiger partial charge in [-0.25, -0.2) is 8.42 Å². The fourth-order valence-corrected chi connectivity index (χ4v) is 4.72. The quantitative estimate of drug-likeness (QED) is 0.208. The number of sulfonamides is 1. The zero-order valence-electron chi connectivity index (χ0n) is 21.9. The summed E-state index contributed by atoms with van der Waals surface area (Å²) in [5, 5.41) is 2.71. The summed E-state index contributed by atoms with van der Waals surface area (Å²) in [6, 6.07) is 19.7. The molecule has 38 heavy (non-hydrogen) atoms. The van der Waals surface area contributed by atoms with Crippen molar-refractivity contribution in [2.45, 2.75) is 50.3 Å².